The fourth-order valence-electron chi connectivity index (χ4n) is 13.6. The molecule has 0 radical (unpaired) electrons. The molecule has 2 saturated heterocycles. The Balaban J connectivity index is 1.04. The number of nitrogens with zero attached hydrogens (tertiary/aromatic N) is 2. The van der Waals surface area contributed by atoms with E-state index < -0.39 is 30.3 Å². The number of benzene rings is 7. The first kappa shape index (κ1) is 55.7. The molecule has 7 aromatic carbocycles. The molecule has 7 aromatic rings. The van der Waals surface area contributed by atoms with Gasteiger partial charge in [-0.05, 0) is 133 Å². The van der Waals surface area contributed by atoms with E-state index in [9.17, 15) is 0 Å². The summed E-state index contributed by atoms with van der Waals surface area (Å²) < 4.78 is 12.7. The lowest BCUT2D eigenvalue weighted by molar-refractivity contribution is 0.413. The van der Waals surface area contributed by atoms with Gasteiger partial charge in [-0.25, -0.2) is 0 Å². The van der Waals surface area contributed by atoms with Crippen molar-refractivity contribution in [2.24, 2.45) is 0 Å². The average Bonchev–Trinajstić information content (AvgIpc) is 4.01. The first-order chi connectivity index (χ1) is 36.7. The molecule has 0 spiro atoms. The highest BCUT2D eigenvalue weighted by atomic mass is 31.2. The highest BCUT2D eigenvalue weighted by Gasteiger charge is 2.66. The van der Waals surface area contributed by atoms with Crippen molar-refractivity contribution >= 4 is 40.9 Å². The summed E-state index contributed by atoms with van der Waals surface area (Å²) in [5.74, 6) is 1.00. The van der Waals surface area contributed by atoms with Crippen LogP contribution in [0.3, 0.4) is 0 Å². The van der Waals surface area contributed by atoms with Crippen LogP contribution in [0.1, 0.15) is 134 Å². The van der Waals surface area contributed by atoms with E-state index in [4.69, 9.17) is 4.74 Å². The van der Waals surface area contributed by atoms with Crippen LogP contribution in [0.15, 0.2) is 200 Å². The van der Waals surface area contributed by atoms with Crippen LogP contribution in [0.5, 0.6) is 5.75 Å². The lowest BCUT2D eigenvalue weighted by atomic mass is 10.0. The monoisotopic (exact) mass is 1070 g/mol. The number of ether oxygens (including phenoxy) is 1. The Bertz CT molecular complexity index is 2690. The lowest BCUT2D eigenvalue weighted by Crippen LogP contribution is -2.35. The van der Waals surface area contributed by atoms with Crippen molar-refractivity contribution in [3.63, 3.8) is 0 Å². The predicted octanol–water partition coefficient (Wildman–Crippen LogP) is 19.1. The molecule has 2 unspecified atom stereocenters. The van der Waals surface area contributed by atoms with Crippen LogP contribution in [-0.2, 0) is 12.8 Å². The molecule has 2 heterocycles. The van der Waals surface area contributed by atoms with Crippen molar-refractivity contribution in [3.05, 3.63) is 234 Å². The van der Waals surface area contributed by atoms with E-state index in [0.29, 0.717) is 22.6 Å². The molecule has 3 nitrogen and oxygen atoms in total. The molecule has 0 saturated carbocycles. The zero-order chi connectivity index (χ0) is 52.1. The minimum Gasteiger partial charge on any atom is -0.497 e. The fourth-order valence-corrected chi connectivity index (χ4v) is 36.0. The second kappa shape index (κ2) is 26.6. The molecular weight excluding hydrogens is 985 g/mol. The van der Waals surface area contributed by atoms with Gasteiger partial charge in [0.05, 0.1) is 47.2 Å². The summed E-state index contributed by atoms with van der Waals surface area (Å²) in [6, 6.07) is 77.4. The van der Waals surface area contributed by atoms with Gasteiger partial charge >= 0.3 is 0 Å². The zero-order valence-electron chi connectivity index (χ0n) is 46.3. The summed E-state index contributed by atoms with van der Waals surface area (Å²) in [7, 11) is -4.10. The molecule has 0 amide bonds. The molecule has 0 aromatic heterocycles. The number of hydrogen-bond acceptors (Lipinski definition) is 3. The van der Waals surface area contributed by atoms with Crippen molar-refractivity contribution < 1.29 is 4.74 Å². The van der Waals surface area contributed by atoms with Crippen LogP contribution in [0, 0.1) is 0 Å². The van der Waals surface area contributed by atoms with Gasteiger partial charge in [0.25, 0.3) is 0 Å². The second-order valence-corrected chi connectivity index (χ2v) is 36.5. The number of aryl methyl sites for hydroxylation is 2. The molecule has 2 aliphatic rings. The van der Waals surface area contributed by atoms with E-state index in [-0.39, 0.29) is 0 Å². The summed E-state index contributed by atoms with van der Waals surface area (Å²) in [4.78, 5) is 0. The van der Waals surface area contributed by atoms with Gasteiger partial charge in [0.1, 0.15) is 41.1 Å². The summed E-state index contributed by atoms with van der Waals surface area (Å²) >= 11 is 0. The van der Waals surface area contributed by atoms with Crippen molar-refractivity contribution in [2.75, 3.05) is 52.5 Å². The van der Waals surface area contributed by atoms with Crippen LogP contribution in [0.2, 0.25) is 0 Å². The maximum Gasteiger partial charge on any atom is 0.150 e. The third kappa shape index (κ3) is 12.5. The molecule has 75 heavy (non-hydrogen) atoms. The maximum atomic E-state index is 6.19. The van der Waals surface area contributed by atoms with E-state index in [1.165, 1.54) is 85.9 Å². The third-order valence-corrected chi connectivity index (χ3v) is 37.4. The predicted molar refractivity (Wildman–Crippen MR) is 335 cm³/mol. The summed E-state index contributed by atoms with van der Waals surface area (Å²) in [5.41, 5.74) is 11.2. The quantitative estimate of drug-likeness (QED) is 0.0531. The normalized spacial score (nSPS) is 20.3. The Kier molecular flexibility index (Phi) is 19.7. The van der Waals surface area contributed by atoms with Gasteiger partial charge < -0.3 is 4.74 Å². The van der Waals surface area contributed by atoms with Gasteiger partial charge in [0.15, 0.2) is 7.41 Å². The van der Waals surface area contributed by atoms with Gasteiger partial charge in [-0.3, -0.25) is 0 Å². The molecule has 0 bridgehead atoms. The molecule has 0 N–H and O–H groups in total. The lowest BCUT2D eigenvalue weighted by Gasteiger charge is -2.44. The smallest absolute Gasteiger partial charge is 0.150 e. The minimum atomic E-state index is -1.84. The van der Waals surface area contributed by atoms with Crippen molar-refractivity contribution in [1.82, 2.24) is 8.88 Å². The Morgan fingerprint density at radius 3 is 1.32 bits per heavy atom. The number of unbranched alkanes of at least 4 members (excludes halogenated alkanes) is 2. The zero-order valence-corrected chi connectivity index (χ0v) is 49.8. The van der Waals surface area contributed by atoms with E-state index in [2.05, 4.69) is 243 Å². The first-order valence-corrected chi connectivity index (χ1v) is 37.1. The van der Waals surface area contributed by atoms with Crippen LogP contribution in [-0.4, -0.2) is 61.4 Å². The van der Waals surface area contributed by atoms with Gasteiger partial charge in [0.2, 0.25) is 0 Å². The molecule has 2 aliphatic heterocycles. The van der Waals surface area contributed by atoms with Gasteiger partial charge in [-0.15, -0.1) is 0 Å². The van der Waals surface area contributed by atoms with E-state index in [1.807, 2.05) is 7.11 Å². The van der Waals surface area contributed by atoms with Gasteiger partial charge in [-0.1, -0.05) is 207 Å². The van der Waals surface area contributed by atoms with Crippen molar-refractivity contribution in [3.8, 4) is 5.75 Å². The summed E-state index contributed by atoms with van der Waals surface area (Å²) in [5, 5.41) is 3.12. The molecule has 9 rings (SSSR count). The van der Waals surface area contributed by atoms with Crippen molar-refractivity contribution in [1.29, 1.82) is 0 Å². The average molecular weight is 1070 g/mol. The minimum absolute atomic E-state index is 0.543. The van der Waals surface area contributed by atoms with Crippen LogP contribution >= 0.6 is 30.3 Å². The SMILES string of the molecule is CCCCP(c1ccccc1)N(CCCc1cc(CCCN([P+](C)(CCCC)c2ccccc2)[P+]2(C)[C@H](c3ccccc3)CC[C@H]2c2ccccc2)cc(OC)c1)[P+]1(C)[C@@H](c2ccccc2)CC[C@@H]1c1ccccc1. The topological polar surface area (TPSA) is 15.7 Å². The largest absolute Gasteiger partial charge is 0.497 e. The maximum absolute atomic E-state index is 6.19. The summed E-state index contributed by atoms with van der Waals surface area (Å²) in [6.45, 7) is 15.3. The highest BCUT2D eigenvalue weighted by molar-refractivity contribution is 7.91. The van der Waals surface area contributed by atoms with E-state index >= 15 is 0 Å². The standard InChI is InChI=1S/C68H87N2OP4/c1-7-9-51-72(63-41-25-15-26-42-63)69(74(5)65(58-33-17-11-18-34-58)45-46-66(74)59-35-19-12-20-36-59)49-29-31-56-53-57(55-62(54-56)71-3)32-30-50-70(73(4,52-10-8-2)64-43-27-16-28-44-64)75(6)67(60-37-21-13-22-38-60)47-48-68(75)61-39-23-14-24-40-61/h11-28,33-44,53-55,65-68H,7-10,29-32,45-52H2,1-6H3/q+3/t65-,66-,67+,68+,72?,73?/m1/s1. The van der Waals surface area contributed by atoms with E-state index in [1.54, 1.807) is 21.7 Å². The fraction of sp³-hybridized carbons (Fsp3) is 0.382. The summed E-state index contributed by atoms with van der Waals surface area (Å²) in [6.07, 6.45) is 16.8. The molecule has 2 fully saturated rings. The highest BCUT2D eigenvalue weighted by Crippen LogP contribution is 2.91. The van der Waals surface area contributed by atoms with Gasteiger partial charge in [0, 0.05) is 14.6 Å². The molecule has 6 atom stereocenters. The molecule has 0 aliphatic carbocycles. The van der Waals surface area contributed by atoms with Crippen LogP contribution in [0.4, 0.5) is 0 Å². The molecular formula is C68H87N2OP4+3. The van der Waals surface area contributed by atoms with Crippen molar-refractivity contribution in [2.45, 2.75) is 114 Å². The van der Waals surface area contributed by atoms with Crippen LogP contribution < -0.4 is 15.3 Å². The molecule has 392 valence electrons. The number of methoxy groups -OCH3 is 1. The Morgan fingerprint density at radius 1 is 0.493 bits per heavy atom. The molecule has 7 heteroatoms. The number of rotatable bonds is 25. The number of hydrogen-bond donors (Lipinski definition) is 0. The third-order valence-electron chi connectivity index (χ3n) is 17.4. The van der Waals surface area contributed by atoms with Gasteiger partial charge in [-0.2, -0.15) is 4.44 Å². The van der Waals surface area contributed by atoms with Crippen LogP contribution in [0.25, 0.3) is 0 Å². The van der Waals surface area contributed by atoms with E-state index in [0.717, 1.165) is 44.5 Å². The Morgan fingerprint density at radius 2 is 0.893 bits per heavy atom. The second-order valence-electron chi connectivity index (χ2n) is 22.0. The first-order valence-electron chi connectivity index (χ1n) is 28.6. The Hall–Kier alpha value is -4.02. The Labute approximate surface area is 457 Å².